The molecule has 8 nitrogen and oxygen atoms in total. The number of nitrogens with one attached hydrogen (secondary N) is 1. The summed E-state index contributed by atoms with van der Waals surface area (Å²) < 4.78 is 2.11. The third-order valence-corrected chi connectivity index (χ3v) is 4.56. The van der Waals surface area contributed by atoms with Crippen molar-refractivity contribution in [2.45, 2.75) is 51.1 Å². The summed E-state index contributed by atoms with van der Waals surface area (Å²) >= 11 is 0. The Hall–Kier alpha value is -2.38. The highest BCUT2D eigenvalue weighted by molar-refractivity contribution is 5.78. The standard InChI is InChI=1S/C16H24N4O4/c1-19-15(23)7-8-20(16(19)24)10-14(22)18-12(9-13(17)21)11-5-3-2-4-6-11/h7-8,11-12H,2-6,9-10H2,1H3,(H2,17,21)(H,18,22)/t12-/m0/s1. The monoisotopic (exact) mass is 336 g/mol. The number of primary amides is 1. The number of hydrogen-bond acceptors (Lipinski definition) is 4. The average molecular weight is 336 g/mol. The zero-order valence-corrected chi connectivity index (χ0v) is 13.9. The van der Waals surface area contributed by atoms with Gasteiger partial charge in [0, 0.05) is 31.8 Å². The van der Waals surface area contributed by atoms with Gasteiger partial charge in [-0.05, 0) is 18.8 Å². The van der Waals surface area contributed by atoms with Crippen molar-refractivity contribution in [3.05, 3.63) is 33.1 Å². The molecule has 0 aromatic carbocycles. The van der Waals surface area contributed by atoms with Gasteiger partial charge in [-0.25, -0.2) is 4.79 Å². The number of nitrogens with zero attached hydrogens (tertiary/aromatic N) is 2. The highest BCUT2D eigenvalue weighted by atomic mass is 16.2. The third-order valence-electron chi connectivity index (χ3n) is 4.56. The van der Waals surface area contributed by atoms with Crippen molar-refractivity contribution < 1.29 is 9.59 Å². The maximum Gasteiger partial charge on any atom is 0.331 e. The van der Waals surface area contributed by atoms with Gasteiger partial charge in [0.2, 0.25) is 11.8 Å². The highest BCUT2D eigenvalue weighted by Gasteiger charge is 2.26. The molecule has 0 unspecified atom stereocenters. The van der Waals surface area contributed by atoms with Gasteiger partial charge in [-0.2, -0.15) is 0 Å². The summed E-state index contributed by atoms with van der Waals surface area (Å²) in [5.41, 5.74) is 4.33. The molecule has 1 aromatic heterocycles. The van der Waals surface area contributed by atoms with Crippen molar-refractivity contribution in [2.24, 2.45) is 18.7 Å². The van der Waals surface area contributed by atoms with Gasteiger partial charge in [0.25, 0.3) is 5.56 Å². The van der Waals surface area contributed by atoms with E-state index < -0.39 is 17.2 Å². The van der Waals surface area contributed by atoms with Gasteiger partial charge in [-0.15, -0.1) is 0 Å². The van der Waals surface area contributed by atoms with Gasteiger partial charge >= 0.3 is 5.69 Å². The molecule has 1 heterocycles. The lowest BCUT2D eigenvalue weighted by Crippen LogP contribution is -2.46. The van der Waals surface area contributed by atoms with Crippen molar-refractivity contribution in [3.8, 4) is 0 Å². The number of rotatable bonds is 6. The van der Waals surface area contributed by atoms with E-state index in [0.717, 1.165) is 30.3 Å². The largest absolute Gasteiger partial charge is 0.370 e. The smallest absolute Gasteiger partial charge is 0.331 e. The molecule has 2 rings (SSSR count). The maximum absolute atomic E-state index is 12.3. The second-order valence-electron chi connectivity index (χ2n) is 6.37. The van der Waals surface area contributed by atoms with Gasteiger partial charge in [-0.1, -0.05) is 19.3 Å². The van der Waals surface area contributed by atoms with Gasteiger partial charge in [0.1, 0.15) is 6.54 Å². The lowest BCUT2D eigenvalue weighted by atomic mass is 9.82. The van der Waals surface area contributed by atoms with E-state index in [1.54, 1.807) is 0 Å². The minimum atomic E-state index is -0.554. The van der Waals surface area contributed by atoms with Crippen LogP contribution in [0, 0.1) is 5.92 Å². The zero-order chi connectivity index (χ0) is 17.7. The molecule has 1 aliphatic carbocycles. The molecule has 1 aromatic rings. The fourth-order valence-electron chi connectivity index (χ4n) is 3.23. The molecule has 1 atom stereocenters. The van der Waals surface area contributed by atoms with E-state index >= 15 is 0 Å². The molecule has 1 fully saturated rings. The van der Waals surface area contributed by atoms with Crippen LogP contribution in [0.3, 0.4) is 0 Å². The molecule has 24 heavy (non-hydrogen) atoms. The van der Waals surface area contributed by atoms with Crippen molar-refractivity contribution in [1.29, 1.82) is 0 Å². The quantitative estimate of drug-likeness (QED) is 0.727. The fourth-order valence-corrected chi connectivity index (χ4v) is 3.23. The van der Waals surface area contributed by atoms with Crippen LogP contribution < -0.4 is 22.3 Å². The fraction of sp³-hybridized carbons (Fsp3) is 0.625. The second kappa shape index (κ2) is 7.94. The summed E-state index contributed by atoms with van der Waals surface area (Å²) in [7, 11) is 1.36. The predicted octanol–water partition coefficient (Wildman–Crippen LogP) is -0.512. The summed E-state index contributed by atoms with van der Waals surface area (Å²) in [6, 6.07) is 0.926. The van der Waals surface area contributed by atoms with E-state index in [0.29, 0.717) is 0 Å². The summed E-state index contributed by atoms with van der Waals surface area (Å²) in [4.78, 5) is 46.9. The molecule has 0 saturated heterocycles. The van der Waals surface area contributed by atoms with Crippen molar-refractivity contribution in [2.75, 3.05) is 0 Å². The zero-order valence-electron chi connectivity index (χ0n) is 13.9. The van der Waals surface area contributed by atoms with Gasteiger partial charge in [0.05, 0.1) is 0 Å². The number of amides is 2. The molecule has 0 radical (unpaired) electrons. The number of carbonyl (C=O) groups is 2. The van der Waals surface area contributed by atoms with Crippen LogP contribution in [-0.2, 0) is 23.2 Å². The molecule has 132 valence electrons. The molecule has 2 amide bonds. The van der Waals surface area contributed by atoms with E-state index in [1.807, 2.05) is 0 Å². The minimum absolute atomic E-state index is 0.0958. The van der Waals surface area contributed by atoms with E-state index in [4.69, 9.17) is 5.73 Å². The second-order valence-corrected chi connectivity index (χ2v) is 6.37. The van der Waals surface area contributed by atoms with Gasteiger partial charge < -0.3 is 11.1 Å². The first kappa shape index (κ1) is 18.0. The van der Waals surface area contributed by atoms with Crippen LogP contribution in [0.1, 0.15) is 38.5 Å². The lowest BCUT2D eigenvalue weighted by molar-refractivity contribution is -0.123. The molecule has 0 bridgehead atoms. The molecule has 0 aliphatic heterocycles. The van der Waals surface area contributed by atoms with Crippen LogP contribution in [0.4, 0.5) is 0 Å². The number of aromatic nitrogens is 2. The Morgan fingerprint density at radius 1 is 1.29 bits per heavy atom. The molecule has 1 saturated carbocycles. The van der Waals surface area contributed by atoms with Crippen molar-refractivity contribution >= 4 is 11.8 Å². The first-order valence-electron chi connectivity index (χ1n) is 8.22. The Bertz CT molecular complexity index is 716. The van der Waals surface area contributed by atoms with Crippen LogP contribution in [0.25, 0.3) is 0 Å². The summed E-state index contributed by atoms with van der Waals surface area (Å²) in [5.74, 6) is -0.593. The normalized spacial score (nSPS) is 16.5. The average Bonchev–Trinajstić information content (AvgIpc) is 2.55. The third kappa shape index (κ3) is 4.56. The van der Waals surface area contributed by atoms with E-state index in [2.05, 4.69) is 5.32 Å². The molecular formula is C16H24N4O4. The van der Waals surface area contributed by atoms with E-state index in [1.165, 1.54) is 30.3 Å². The first-order chi connectivity index (χ1) is 11.4. The van der Waals surface area contributed by atoms with E-state index in [9.17, 15) is 19.2 Å². The van der Waals surface area contributed by atoms with E-state index in [-0.39, 0.29) is 30.8 Å². The topological polar surface area (TPSA) is 116 Å². The van der Waals surface area contributed by atoms with Crippen LogP contribution in [-0.4, -0.2) is 27.0 Å². The van der Waals surface area contributed by atoms with Crippen LogP contribution in [0.15, 0.2) is 21.9 Å². The summed E-state index contributed by atoms with van der Waals surface area (Å²) in [5, 5.41) is 2.84. The van der Waals surface area contributed by atoms with Crippen LogP contribution in [0.2, 0.25) is 0 Å². The summed E-state index contributed by atoms with van der Waals surface area (Å²) in [6.45, 7) is -0.199. The highest BCUT2D eigenvalue weighted by Crippen LogP contribution is 2.27. The Kier molecular flexibility index (Phi) is 5.94. The number of nitrogens with two attached hydrogens (primary N) is 1. The SMILES string of the molecule is Cn1c(=O)ccn(CC(=O)N[C@@H](CC(N)=O)C2CCCCC2)c1=O. The molecule has 8 heteroatoms. The molecular weight excluding hydrogens is 312 g/mol. The van der Waals surface area contributed by atoms with Crippen molar-refractivity contribution in [3.63, 3.8) is 0 Å². The molecule has 3 N–H and O–H groups in total. The predicted molar refractivity (Wildman–Crippen MR) is 88.3 cm³/mol. The van der Waals surface area contributed by atoms with Crippen LogP contribution >= 0.6 is 0 Å². The number of carbonyl (C=O) groups excluding carboxylic acids is 2. The van der Waals surface area contributed by atoms with Crippen molar-refractivity contribution in [1.82, 2.24) is 14.5 Å². The number of hydrogen-bond donors (Lipinski definition) is 2. The summed E-state index contributed by atoms with van der Waals surface area (Å²) in [6.07, 6.45) is 6.63. The Morgan fingerprint density at radius 2 is 1.96 bits per heavy atom. The molecule has 1 aliphatic rings. The maximum atomic E-state index is 12.3. The molecule has 0 spiro atoms. The van der Waals surface area contributed by atoms with Gasteiger partial charge in [0.15, 0.2) is 0 Å². The van der Waals surface area contributed by atoms with Crippen LogP contribution in [0.5, 0.6) is 0 Å². The lowest BCUT2D eigenvalue weighted by Gasteiger charge is -2.30. The minimum Gasteiger partial charge on any atom is -0.370 e. The Balaban J connectivity index is 2.07. The first-order valence-corrected chi connectivity index (χ1v) is 8.22. The Morgan fingerprint density at radius 3 is 2.58 bits per heavy atom. The Labute approximate surface area is 139 Å². The van der Waals surface area contributed by atoms with Gasteiger partial charge in [-0.3, -0.25) is 23.5 Å².